The first-order chi connectivity index (χ1) is 16.1. The quantitative estimate of drug-likeness (QED) is 0.259. The summed E-state index contributed by atoms with van der Waals surface area (Å²) in [6.07, 6.45) is 7.70. The molecule has 0 fully saturated rings. The molecule has 2 rings (SSSR count). The lowest BCUT2D eigenvalue weighted by molar-refractivity contribution is -0.128. The van der Waals surface area contributed by atoms with E-state index in [9.17, 15) is 19.2 Å². The van der Waals surface area contributed by atoms with Gasteiger partial charge in [-0.2, -0.15) is 0 Å². The molecule has 0 bridgehead atoms. The van der Waals surface area contributed by atoms with E-state index in [0.29, 0.717) is 34.1 Å². The Balaban J connectivity index is 2.94. The van der Waals surface area contributed by atoms with Crippen molar-refractivity contribution in [3.63, 3.8) is 0 Å². The van der Waals surface area contributed by atoms with E-state index >= 15 is 0 Å². The first-order valence-electron chi connectivity index (χ1n) is 10.9. The third-order valence-corrected chi connectivity index (χ3v) is 5.77. The van der Waals surface area contributed by atoms with Crippen LogP contribution in [0.2, 0.25) is 0 Å². The predicted molar refractivity (Wildman–Crippen MR) is 137 cm³/mol. The third-order valence-electron chi connectivity index (χ3n) is 5.77. The van der Waals surface area contributed by atoms with Crippen molar-refractivity contribution in [2.24, 2.45) is 0 Å². The SMILES string of the molecule is C=CC1=C(/C=C(C)/C(=C/C)c2c(/C(C)=C/C)ccc(C(=O)NC)c2C(=C)C=O)CC(=O)NC1=O. The third kappa shape index (κ3) is 5.12. The molecule has 6 nitrogen and oxygen atoms in total. The minimum absolute atomic E-state index is 0.0361. The normalized spacial score (nSPS) is 15.1. The van der Waals surface area contributed by atoms with Gasteiger partial charge in [-0.25, -0.2) is 0 Å². The van der Waals surface area contributed by atoms with Gasteiger partial charge in [-0.15, -0.1) is 0 Å². The fourth-order valence-electron chi connectivity index (χ4n) is 4.00. The Morgan fingerprint density at radius 2 is 1.74 bits per heavy atom. The molecule has 0 spiro atoms. The molecule has 176 valence electrons. The summed E-state index contributed by atoms with van der Waals surface area (Å²) in [4.78, 5) is 48.8. The Morgan fingerprint density at radius 3 is 2.26 bits per heavy atom. The van der Waals surface area contributed by atoms with Crippen LogP contribution in [0.4, 0.5) is 0 Å². The number of aldehydes is 1. The molecule has 0 aliphatic carbocycles. The van der Waals surface area contributed by atoms with Crippen molar-refractivity contribution in [3.05, 3.63) is 88.6 Å². The molecule has 0 aromatic heterocycles. The first-order valence-corrected chi connectivity index (χ1v) is 10.9. The van der Waals surface area contributed by atoms with Crippen molar-refractivity contribution >= 4 is 40.7 Å². The van der Waals surface area contributed by atoms with E-state index in [1.54, 1.807) is 12.1 Å². The van der Waals surface area contributed by atoms with Gasteiger partial charge in [0.25, 0.3) is 11.8 Å². The molecule has 1 aromatic rings. The highest BCUT2D eigenvalue weighted by atomic mass is 16.2. The van der Waals surface area contributed by atoms with Gasteiger partial charge in [0.2, 0.25) is 5.91 Å². The van der Waals surface area contributed by atoms with Gasteiger partial charge in [-0.3, -0.25) is 24.5 Å². The smallest absolute Gasteiger partial charge is 0.258 e. The van der Waals surface area contributed by atoms with Crippen LogP contribution in [0.1, 0.15) is 61.2 Å². The minimum atomic E-state index is -0.491. The van der Waals surface area contributed by atoms with Crippen LogP contribution >= 0.6 is 0 Å². The lowest BCUT2D eigenvalue weighted by Gasteiger charge is -2.22. The maximum atomic E-state index is 12.7. The number of imide groups is 1. The van der Waals surface area contributed by atoms with Crippen molar-refractivity contribution in [2.75, 3.05) is 7.05 Å². The van der Waals surface area contributed by atoms with Gasteiger partial charge in [0, 0.05) is 29.3 Å². The topological polar surface area (TPSA) is 92.3 Å². The molecular formula is C28H30N2O4. The number of carbonyl (C=O) groups excluding carboxylic acids is 4. The highest BCUT2D eigenvalue weighted by Crippen LogP contribution is 2.38. The Hall–Kier alpha value is -4.06. The van der Waals surface area contributed by atoms with E-state index in [1.807, 2.05) is 45.9 Å². The molecule has 1 heterocycles. The van der Waals surface area contributed by atoms with Crippen LogP contribution in [0.15, 0.2) is 66.3 Å². The summed E-state index contributed by atoms with van der Waals surface area (Å²) in [5, 5.41) is 4.92. The number of benzene rings is 1. The Labute approximate surface area is 200 Å². The fourth-order valence-corrected chi connectivity index (χ4v) is 4.00. The Morgan fingerprint density at radius 1 is 1.09 bits per heavy atom. The molecule has 1 aliphatic rings. The lowest BCUT2D eigenvalue weighted by Crippen LogP contribution is -2.35. The Kier molecular flexibility index (Phi) is 8.62. The number of carbonyl (C=O) groups is 4. The van der Waals surface area contributed by atoms with Gasteiger partial charge in [0.1, 0.15) is 6.29 Å². The Bertz CT molecular complexity index is 1220. The van der Waals surface area contributed by atoms with Crippen molar-refractivity contribution in [3.8, 4) is 0 Å². The summed E-state index contributed by atoms with van der Waals surface area (Å²) < 4.78 is 0. The maximum Gasteiger partial charge on any atom is 0.258 e. The second kappa shape index (κ2) is 11.2. The van der Waals surface area contributed by atoms with Crippen molar-refractivity contribution in [1.82, 2.24) is 10.6 Å². The van der Waals surface area contributed by atoms with Gasteiger partial charge in [-0.1, -0.05) is 43.5 Å². The molecule has 34 heavy (non-hydrogen) atoms. The van der Waals surface area contributed by atoms with E-state index in [-0.39, 0.29) is 17.9 Å². The predicted octanol–water partition coefficient (Wildman–Crippen LogP) is 4.56. The van der Waals surface area contributed by atoms with Gasteiger partial charge in [0.15, 0.2) is 0 Å². The minimum Gasteiger partial charge on any atom is -0.355 e. The monoisotopic (exact) mass is 458 g/mol. The summed E-state index contributed by atoms with van der Waals surface area (Å²) in [7, 11) is 1.52. The van der Waals surface area contributed by atoms with Crippen molar-refractivity contribution in [1.29, 1.82) is 0 Å². The van der Waals surface area contributed by atoms with Crippen molar-refractivity contribution < 1.29 is 19.2 Å². The summed E-state index contributed by atoms with van der Waals surface area (Å²) in [5.41, 5.74) is 5.76. The van der Waals surface area contributed by atoms with Crippen LogP contribution < -0.4 is 10.6 Å². The number of nitrogens with one attached hydrogen (secondary N) is 2. The lowest BCUT2D eigenvalue weighted by atomic mass is 9.82. The molecule has 1 aromatic carbocycles. The van der Waals surface area contributed by atoms with Crippen LogP contribution in [-0.4, -0.2) is 31.1 Å². The van der Waals surface area contributed by atoms with Gasteiger partial charge < -0.3 is 5.32 Å². The van der Waals surface area contributed by atoms with Crippen LogP contribution in [0.5, 0.6) is 0 Å². The van der Waals surface area contributed by atoms with Crippen LogP contribution in [0.25, 0.3) is 16.7 Å². The maximum absolute atomic E-state index is 12.7. The summed E-state index contributed by atoms with van der Waals surface area (Å²) in [5.74, 6) is -1.22. The summed E-state index contributed by atoms with van der Waals surface area (Å²) in [6.45, 7) is 15.2. The molecule has 0 atom stereocenters. The van der Waals surface area contributed by atoms with Crippen LogP contribution in [-0.2, 0) is 14.4 Å². The number of hydrogen-bond acceptors (Lipinski definition) is 4. The fraction of sp³-hybridized carbons (Fsp3) is 0.214. The summed E-state index contributed by atoms with van der Waals surface area (Å²) in [6, 6.07) is 3.53. The van der Waals surface area contributed by atoms with E-state index in [1.165, 1.54) is 13.1 Å². The number of allylic oxidation sites excluding steroid dienone is 7. The molecule has 1 aliphatic heterocycles. The zero-order chi connectivity index (χ0) is 25.6. The molecule has 0 radical (unpaired) electrons. The van der Waals surface area contributed by atoms with E-state index < -0.39 is 11.8 Å². The molecular weight excluding hydrogens is 428 g/mol. The standard InChI is InChI=1S/C28H30N2O4/c1-8-16(4)22-11-12-23(27(33)29-7)25(18(6)15-31)26(22)20(9-2)17(5)13-19-14-24(32)30-28(34)21(19)10-3/h8-13,15H,3,6,14H2,1-2,4-5,7H3,(H,29,33)(H,30,32,34)/b16-8+,17-13+,20-9-. The van der Waals surface area contributed by atoms with Gasteiger partial charge in [0.05, 0.1) is 6.42 Å². The number of rotatable bonds is 8. The first kappa shape index (κ1) is 26.2. The largest absolute Gasteiger partial charge is 0.355 e. The highest BCUT2D eigenvalue weighted by Gasteiger charge is 2.25. The van der Waals surface area contributed by atoms with Crippen LogP contribution in [0.3, 0.4) is 0 Å². The zero-order valence-electron chi connectivity index (χ0n) is 20.3. The van der Waals surface area contributed by atoms with Crippen LogP contribution in [0, 0.1) is 0 Å². The average molecular weight is 459 g/mol. The molecule has 0 saturated carbocycles. The number of hydrogen-bond donors (Lipinski definition) is 2. The molecule has 3 amide bonds. The second-order valence-corrected chi connectivity index (χ2v) is 7.83. The molecule has 6 heteroatoms. The van der Waals surface area contributed by atoms with Gasteiger partial charge in [-0.05, 0) is 67.2 Å². The van der Waals surface area contributed by atoms with Crippen molar-refractivity contribution in [2.45, 2.75) is 34.1 Å². The second-order valence-electron chi connectivity index (χ2n) is 7.83. The average Bonchev–Trinajstić information content (AvgIpc) is 2.82. The molecule has 0 unspecified atom stereocenters. The van der Waals surface area contributed by atoms with E-state index in [2.05, 4.69) is 23.8 Å². The molecule has 2 N–H and O–H groups in total. The van der Waals surface area contributed by atoms with Gasteiger partial charge >= 0.3 is 0 Å². The van der Waals surface area contributed by atoms with E-state index in [4.69, 9.17) is 0 Å². The van der Waals surface area contributed by atoms with E-state index in [0.717, 1.165) is 22.3 Å². The number of amides is 3. The molecule has 0 saturated heterocycles. The zero-order valence-corrected chi connectivity index (χ0v) is 20.3. The highest BCUT2D eigenvalue weighted by molar-refractivity contribution is 6.15. The summed E-state index contributed by atoms with van der Waals surface area (Å²) >= 11 is 0.